The van der Waals surface area contributed by atoms with Gasteiger partial charge in [-0.3, -0.25) is 5.41 Å². The minimum atomic E-state index is -0.181. The molecule has 0 fully saturated rings. The third-order valence-corrected chi connectivity index (χ3v) is 0.947. The zero-order chi connectivity index (χ0) is 7.28. The molecule has 0 radical (unpaired) electrons. The van der Waals surface area contributed by atoms with E-state index in [1.807, 2.05) is 0 Å². The van der Waals surface area contributed by atoms with Crippen LogP contribution in [0.3, 0.4) is 0 Å². The van der Waals surface area contributed by atoms with Crippen LogP contribution in [0.2, 0.25) is 0 Å². The van der Waals surface area contributed by atoms with Crippen molar-refractivity contribution in [3.63, 3.8) is 0 Å². The Hall–Kier alpha value is -0.770. The Balaban J connectivity index is 3.56. The van der Waals surface area contributed by atoms with E-state index in [4.69, 9.17) is 22.7 Å². The highest BCUT2D eigenvalue weighted by Crippen LogP contribution is 1.78. The standard InChI is InChI=1S/C4H9ClN4/c1-3(2-5)8-9-4(6)7/h2H2,1H3,(H4,6,7,9). The number of hydrogen-bond donors (Lipinski definition) is 3. The molecule has 0 bridgehead atoms. The van der Waals surface area contributed by atoms with Crippen LogP contribution in [0.25, 0.3) is 0 Å². The summed E-state index contributed by atoms with van der Waals surface area (Å²) in [5.74, 6) is 0.166. The van der Waals surface area contributed by atoms with Gasteiger partial charge in [0.1, 0.15) is 0 Å². The van der Waals surface area contributed by atoms with Crippen molar-refractivity contribution >= 4 is 23.3 Å². The Bertz CT molecular complexity index is 131. The highest BCUT2D eigenvalue weighted by atomic mass is 35.5. The molecular weight excluding hydrogens is 140 g/mol. The van der Waals surface area contributed by atoms with E-state index in [9.17, 15) is 0 Å². The van der Waals surface area contributed by atoms with E-state index in [0.29, 0.717) is 11.6 Å². The first-order valence-electron chi connectivity index (χ1n) is 2.36. The van der Waals surface area contributed by atoms with E-state index >= 15 is 0 Å². The highest BCUT2D eigenvalue weighted by Gasteiger charge is 1.85. The van der Waals surface area contributed by atoms with Crippen LogP contribution >= 0.6 is 11.6 Å². The summed E-state index contributed by atoms with van der Waals surface area (Å²) in [7, 11) is 0. The molecule has 0 aromatic heterocycles. The molecule has 0 heterocycles. The maximum atomic E-state index is 6.68. The molecule has 0 atom stereocenters. The lowest BCUT2D eigenvalue weighted by atomic mass is 10.5. The van der Waals surface area contributed by atoms with E-state index in [-0.39, 0.29) is 5.96 Å². The third kappa shape index (κ3) is 5.10. The molecule has 0 aliphatic rings. The molecule has 9 heavy (non-hydrogen) atoms. The Morgan fingerprint density at radius 3 is 2.78 bits per heavy atom. The summed E-state index contributed by atoms with van der Waals surface area (Å²) in [6.45, 7) is 1.74. The largest absolute Gasteiger partial charge is 0.369 e. The van der Waals surface area contributed by atoms with E-state index in [0.717, 1.165) is 0 Å². The molecule has 0 aromatic carbocycles. The number of nitrogens with zero attached hydrogens (tertiary/aromatic N) is 1. The molecule has 0 rings (SSSR count). The zero-order valence-electron chi connectivity index (χ0n) is 5.11. The number of halogens is 1. The maximum absolute atomic E-state index is 6.68. The number of nitrogens with one attached hydrogen (secondary N) is 2. The van der Waals surface area contributed by atoms with Gasteiger partial charge in [-0.25, -0.2) is 5.43 Å². The minimum absolute atomic E-state index is 0.181. The molecule has 0 aliphatic heterocycles. The van der Waals surface area contributed by atoms with Crippen LogP contribution < -0.4 is 11.2 Å². The Labute approximate surface area is 58.6 Å². The van der Waals surface area contributed by atoms with Crippen LogP contribution in [-0.2, 0) is 0 Å². The van der Waals surface area contributed by atoms with Crippen molar-refractivity contribution < 1.29 is 0 Å². The second-order valence-electron chi connectivity index (χ2n) is 1.51. The number of alkyl halides is 1. The fraction of sp³-hybridized carbons (Fsp3) is 0.500. The van der Waals surface area contributed by atoms with Gasteiger partial charge in [-0.2, -0.15) is 5.10 Å². The van der Waals surface area contributed by atoms with Gasteiger partial charge in [0.05, 0.1) is 5.88 Å². The molecule has 0 unspecified atom stereocenters. The molecule has 4 N–H and O–H groups in total. The number of hydrogen-bond acceptors (Lipinski definition) is 2. The van der Waals surface area contributed by atoms with Crippen molar-refractivity contribution in [2.75, 3.05) is 5.88 Å². The smallest absolute Gasteiger partial charge is 0.206 e. The van der Waals surface area contributed by atoms with Gasteiger partial charge in [0.25, 0.3) is 0 Å². The van der Waals surface area contributed by atoms with Crippen LogP contribution in [0.4, 0.5) is 0 Å². The van der Waals surface area contributed by atoms with Crippen molar-refractivity contribution in [2.45, 2.75) is 6.92 Å². The summed E-state index contributed by atoms with van der Waals surface area (Å²) in [5, 5.41) is 10.3. The summed E-state index contributed by atoms with van der Waals surface area (Å²) >= 11 is 5.35. The quantitative estimate of drug-likeness (QED) is 0.225. The Morgan fingerprint density at radius 1 is 1.89 bits per heavy atom. The lowest BCUT2D eigenvalue weighted by Gasteiger charge is -1.95. The molecule has 0 aromatic rings. The Morgan fingerprint density at radius 2 is 2.44 bits per heavy atom. The summed E-state index contributed by atoms with van der Waals surface area (Å²) in [6, 6.07) is 0. The van der Waals surface area contributed by atoms with Crippen LogP contribution in [0, 0.1) is 5.41 Å². The summed E-state index contributed by atoms with van der Waals surface area (Å²) < 4.78 is 0. The minimum Gasteiger partial charge on any atom is -0.369 e. The first-order chi connectivity index (χ1) is 4.16. The van der Waals surface area contributed by atoms with Crippen molar-refractivity contribution in [1.82, 2.24) is 5.43 Å². The molecule has 0 saturated carbocycles. The lowest BCUT2D eigenvalue weighted by molar-refractivity contribution is 0.990. The van der Waals surface area contributed by atoms with Crippen LogP contribution in [-0.4, -0.2) is 17.6 Å². The van der Waals surface area contributed by atoms with E-state index in [1.165, 1.54) is 0 Å². The second-order valence-corrected chi connectivity index (χ2v) is 1.77. The normalized spacial score (nSPS) is 11.1. The van der Waals surface area contributed by atoms with E-state index < -0.39 is 0 Å². The SMILES string of the molecule is CC(CCl)=NNC(=N)N. The molecule has 52 valence electrons. The van der Waals surface area contributed by atoms with Gasteiger partial charge in [0.15, 0.2) is 0 Å². The van der Waals surface area contributed by atoms with Crippen LogP contribution in [0.1, 0.15) is 6.92 Å². The number of nitrogens with two attached hydrogens (primary N) is 1. The molecule has 5 heteroatoms. The number of hydrazone groups is 1. The van der Waals surface area contributed by atoms with E-state index in [1.54, 1.807) is 6.92 Å². The van der Waals surface area contributed by atoms with Gasteiger partial charge >= 0.3 is 0 Å². The highest BCUT2D eigenvalue weighted by molar-refractivity contribution is 6.28. The van der Waals surface area contributed by atoms with E-state index in [2.05, 4.69) is 10.5 Å². The molecule has 4 nitrogen and oxygen atoms in total. The van der Waals surface area contributed by atoms with Gasteiger partial charge in [-0.1, -0.05) is 0 Å². The molecule has 0 aliphatic carbocycles. The van der Waals surface area contributed by atoms with Crippen molar-refractivity contribution in [3.8, 4) is 0 Å². The summed E-state index contributed by atoms with van der Waals surface area (Å²) in [5.41, 5.74) is 7.88. The van der Waals surface area contributed by atoms with Gasteiger partial charge in [-0.05, 0) is 6.92 Å². The van der Waals surface area contributed by atoms with Crippen LogP contribution in [0.5, 0.6) is 0 Å². The average molecular weight is 149 g/mol. The number of rotatable bonds is 2. The third-order valence-electron chi connectivity index (χ3n) is 0.561. The van der Waals surface area contributed by atoms with Crippen molar-refractivity contribution in [2.24, 2.45) is 10.8 Å². The number of guanidine groups is 1. The molecule has 0 saturated heterocycles. The zero-order valence-corrected chi connectivity index (χ0v) is 5.87. The molecule has 0 spiro atoms. The fourth-order valence-corrected chi connectivity index (χ4v) is 0.245. The first-order valence-corrected chi connectivity index (χ1v) is 2.89. The molecular formula is C4H9ClN4. The van der Waals surface area contributed by atoms with Crippen molar-refractivity contribution in [3.05, 3.63) is 0 Å². The predicted molar refractivity (Wildman–Crippen MR) is 38.9 cm³/mol. The average Bonchev–Trinajstić information content (AvgIpc) is 1.83. The topological polar surface area (TPSA) is 74.3 Å². The Kier molecular flexibility index (Phi) is 3.79. The lowest BCUT2D eigenvalue weighted by Crippen LogP contribution is -2.26. The molecule has 0 amide bonds. The van der Waals surface area contributed by atoms with Gasteiger partial charge in [0, 0.05) is 5.71 Å². The van der Waals surface area contributed by atoms with Crippen molar-refractivity contribution in [1.29, 1.82) is 5.41 Å². The summed E-state index contributed by atoms with van der Waals surface area (Å²) in [6.07, 6.45) is 0. The fourth-order valence-electron chi connectivity index (χ4n) is 0.186. The first kappa shape index (κ1) is 8.23. The maximum Gasteiger partial charge on any atom is 0.206 e. The summed E-state index contributed by atoms with van der Waals surface area (Å²) in [4.78, 5) is 0. The predicted octanol–water partition coefficient (Wildman–Crippen LogP) is 0.0842. The second kappa shape index (κ2) is 4.14. The van der Waals surface area contributed by atoms with Crippen LogP contribution in [0.15, 0.2) is 5.10 Å². The van der Waals surface area contributed by atoms with Gasteiger partial charge in [0.2, 0.25) is 5.96 Å². The monoisotopic (exact) mass is 148 g/mol. The van der Waals surface area contributed by atoms with Gasteiger partial charge < -0.3 is 5.73 Å². The van der Waals surface area contributed by atoms with Gasteiger partial charge in [-0.15, -0.1) is 11.6 Å².